The summed E-state index contributed by atoms with van der Waals surface area (Å²) in [4.78, 5) is 15.9. The second kappa shape index (κ2) is 5.87. The minimum absolute atomic E-state index is 0.0953. The average Bonchev–Trinajstić information content (AvgIpc) is 2.84. The Bertz CT molecular complexity index is 704. The summed E-state index contributed by atoms with van der Waals surface area (Å²) in [7, 11) is 0. The van der Waals surface area contributed by atoms with Crippen molar-refractivity contribution in [3.8, 4) is 11.5 Å². The third kappa shape index (κ3) is 2.49. The lowest BCUT2D eigenvalue weighted by Gasteiger charge is -2.18. The zero-order chi connectivity index (χ0) is 15.7. The summed E-state index contributed by atoms with van der Waals surface area (Å²) in [6.07, 6.45) is 1.85. The number of imidazole rings is 1. The number of hydrogen-bond donors (Lipinski definition) is 1. The number of nitrogens with zero attached hydrogens (tertiary/aromatic N) is 2. The molecule has 0 bridgehead atoms. The van der Waals surface area contributed by atoms with Crippen molar-refractivity contribution < 1.29 is 19.4 Å². The zero-order valence-electron chi connectivity index (χ0n) is 12.8. The lowest BCUT2D eigenvalue weighted by atomic mass is 10.0. The SMILES string of the molecule is CCC(CC)c1nc2cc3c(cc2n1CC(=O)O)OCCO3. The van der Waals surface area contributed by atoms with E-state index in [1.165, 1.54) is 0 Å². The van der Waals surface area contributed by atoms with Crippen molar-refractivity contribution in [2.24, 2.45) is 0 Å². The van der Waals surface area contributed by atoms with Crippen LogP contribution < -0.4 is 9.47 Å². The summed E-state index contributed by atoms with van der Waals surface area (Å²) in [6, 6.07) is 3.68. The molecule has 0 unspecified atom stereocenters. The number of hydrogen-bond acceptors (Lipinski definition) is 4. The largest absolute Gasteiger partial charge is 0.486 e. The third-order valence-electron chi connectivity index (χ3n) is 4.09. The molecule has 2 heterocycles. The lowest BCUT2D eigenvalue weighted by Crippen LogP contribution is -2.16. The van der Waals surface area contributed by atoms with E-state index in [9.17, 15) is 9.90 Å². The van der Waals surface area contributed by atoms with Gasteiger partial charge < -0.3 is 19.1 Å². The van der Waals surface area contributed by atoms with Gasteiger partial charge in [-0.05, 0) is 12.8 Å². The summed E-state index contributed by atoms with van der Waals surface area (Å²) in [6.45, 7) is 5.12. The normalized spacial score (nSPS) is 13.8. The Morgan fingerprint density at radius 3 is 2.50 bits per heavy atom. The van der Waals surface area contributed by atoms with Crippen LogP contribution in [0.2, 0.25) is 0 Å². The molecule has 1 N–H and O–H groups in total. The molecule has 0 saturated carbocycles. The number of carbonyl (C=O) groups is 1. The smallest absolute Gasteiger partial charge is 0.323 e. The zero-order valence-corrected chi connectivity index (χ0v) is 12.8. The fourth-order valence-corrected chi connectivity index (χ4v) is 2.95. The van der Waals surface area contributed by atoms with Gasteiger partial charge in [0.1, 0.15) is 25.6 Å². The first kappa shape index (κ1) is 14.7. The molecule has 6 heteroatoms. The molecular weight excluding hydrogens is 284 g/mol. The van der Waals surface area contributed by atoms with E-state index in [0.717, 1.165) is 29.7 Å². The van der Waals surface area contributed by atoms with Crippen molar-refractivity contribution in [2.45, 2.75) is 39.2 Å². The van der Waals surface area contributed by atoms with E-state index in [1.54, 1.807) is 4.57 Å². The van der Waals surface area contributed by atoms with Gasteiger partial charge in [-0.1, -0.05) is 13.8 Å². The number of aromatic nitrogens is 2. The molecule has 1 aromatic carbocycles. The molecule has 0 atom stereocenters. The van der Waals surface area contributed by atoms with Gasteiger partial charge in [0, 0.05) is 18.1 Å². The van der Waals surface area contributed by atoms with Gasteiger partial charge in [0.15, 0.2) is 11.5 Å². The Hall–Kier alpha value is -2.24. The molecule has 22 heavy (non-hydrogen) atoms. The molecular formula is C16H20N2O4. The minimum atomic E-state index is -0.874. The highest BCUT2D eigenvalue weighted by Gasteiger charge is 2.22. The van der Waals surface area contributed by atoms with Crippen LogP contribution >= 0.6 is 0 Å². The molecule has 0 saturated heterocycles. The molecule has 6 nitrogen and oxygen atoms in total. The van der Waals surface area contributed by atoms with E-state index < -0.39 is 5.97 Å². The predicted molar refractivity (Wildman–Crippen MR) is 81.7 cm³/mol. The van der Waals surface area contributed by atoms with Gasteiger partial charge >= 0.3 is 5.97 Å². The van der Waals surface area contributed by atoms with E-state index in [-0.39, 0.29) is 12.5 Å². The van der Waals surface area contributed by atoms with Crippen molar-refractivity contribution in [2.75, 3.05) is 13.2 Å². The van der Waals surface area contributed by atoms with Gasteiger partial charge in [0.25, 0.3) is 0 Å². The first-order valence-corrected chi connectivity index (χ1v) is 7.65. The third-order valence-corrected chi connectivity index (χ3v) is 4.09. The van der Waals surface area contributed by atoms with Gasteiger partial charge in [0.2, 0.25) is 0 Å². The predicted octanol–water partition coefficient (Wildman–Crippen LogP) is 2.80. The van der Waals surface area contributed by atoms with Crippen LogP contribution in [0.3, 0.4) is 0 Å². The molecule has 118 valence electrons. The topological polar surface area (TPSA) is 73.6 Å². The van der Waals surface area contributed by atoms with Gasteiger partial charge in [-0.15, -0.1) is 0 Å². The first-order chi connectivity index (χ1) is 10.6. The quantitative estimate of drug-likeness (QED) is 0.919. The number of fused-ring (bicyclic) bond motifs is 2. The molecule has 0 fully saturated rings. The second-order valence-corrected chi connectivity index (χ2v) is 5.45. The Kier molecular flexibility index (Phi) is 3.92. The fraction of sp³-hybridized carbons (Fsp3) is 0.500. The molecule has 0 spiro atoms. The summed E-state index contributed by atoms with van der Waals surface area (Å²) >= 11 is 0. The maximum Gasteiger partial charge on any atom is 0.323 e. The van der Waals surface area contributed by atoms with E-state index in [4.69, 9.17) is 9.47 Å². The minimum Gasteiger partial charge on any atom is -0.486 e. The van der Waals surface area contributed by atoms with Crippen LogP contribution in [0.4, 0.5) is 0 Å². The Morgan fingerprint density at radius 2 is 1.91 bits per heavy atom. The maximum atomic E-state index is 11.2. The molecule has 2 aromatic rings. The molecule has 0 radical (unpaired) electrons. The van der Waals surface area contributed by atoms with Crippen molar-refractivity contribution >= 4 is 17.0 Å². The number of ether oxygens (including phenoxy) is 2. The monoisotopic (exact) mass is 304 g/mol. The molecule has 0 aliphatic carbocycles. The highest BCUT2D eigenvalue weighted by molar-refractivity contribution is 5.82. The number of aliphatic carboxylic acids is 1. The molecule has 1 aliphatic rings. The Balaban J connectivity index is 2.19. The van der Waals surface area contributed by atoms with E-state index in [1.807, 2.05) is 12.1 Å². The van der Waals surface area contributed by atoms with Gasteiger partial charge in [-0.2, -0.15) is 0 Å². The van der Waals surface area contributed by atoms with Crippen LogP contribution in [0.1, 0.15) is 38.4 Å². The molecule has 1 aliphatic heterocycles. The van der Waals surface area contributed by atoms with Crippen molar-refractivity contribution in [1.29, 1.82) is 0 Å². The van der Waals surface area contributed by atoms with Gasteiger partial charge in [-0.3, -0.25) is 4.79 Å². The van der Waals surface area contributed by atoms with Crippen molar-refractivity contribution in [3.63, 3.8) is 0 Å². The summed E-state index contributed by atoms with van der Waals surface area (Å²) in [5.41, 5.74) is 1.54. The van der Waals surface area contributed by atoms with Crippen molar-refractivity contribution in [1.82, 2.24) is 9.55 Å². The van der Waals surface area contributed by atoms with Crippen molar-refractivity contribution in [3.05, 3.63) is 18.0 Å². The van der Waals surface area contributed by atoms with E-state index >= 15 is 0 Å². The highest BCUT2D eigenvalue weighted by atomic mass is 16.6. The maximum absolute atomic E-state index is 11.2. The lowest BCUT2D eigenvalue weighted by molar-refractivity contribution is -0.137. The van der Waals surface area contributed by atoms with Crippen LogP contribution in [0.15, 0.2) is 12.1 Å². The number of carboxylic acid groups (broad SMARTS) is 1. The standard InChI is InChI=1S/C16H20N2O4/c1-3-10(4-2)16-17-11-7-13-14(22-6-5-21-13)8-12(11)18(16)9-15(19)20/h7-8,10H,3-6,9H2,1-2H3,(H,19,20). The van der Waals surface area contributed by atoms with E-state index in [2.05, 4.69) is 18.8 Å². The van der Waals surface area contributed by atoms with Crippen LogP contribution in [0.25, 0.3) is 11.0 Å². The van der Waals surface area contributed by atoms with Crippen LogP contribution in [0, 0.1) is 0 Å². The van der Waals surface area contributed by atoms with Gasteiger partial charge in [0.05, 0.1) is 11.0 Å². The van der Waals surface area contributed by atoms with E-state index in [0.29, 0.717) is 24.7 Å². The van der Waals surface area contributed by atoms with Crippen LogP contribution in [-0.4, -0.2) is 33.8 Å². The Labute approximate surface area is 128 Å². The molecule has 3 rings (SSSR count). The van der Waals surface area contributed by atoms with Crippen LogP contribution in [-0.2, 0) is 11.3 Å². The second-order valence-electron chi connectivity index (χ2n) is 5.45. The summed E-state index contributed by atoms with van der Waals surface area (Å²) in [5, 5.41) is 9.23. The highest BCUT2D eigenvalue weighted by Crippen LogP contribution is 2.36. The number of carboxylic acids is 1. The molecule has 0 amide bonds. The Morgan fingerprint density at radius 1 is 1.27 bits per heavy atom. The molecule has 1 aromatic heterocycles. The first-order valence-electron chi connectivity index (χ1n) is 7.65. The summed E-state index contributed by atoms with van der Waals surface area (Å²) < 4.78 is 13.0. The number of benzene rings is 1. The van der Waals surface area contributed by atoms with Gasteiger partial charge in [-0.25, -0.2) is 4.98 Å². The summed E-state index contributed by atoms with van der Waals surface area (Å²) in [5.74, 6) is 1.52. The number of rotatable bonds is 5. The fourth-order valence-electron chi connectivity index (χ4n) is 2.95. The average molecular weight is 304 g/mol. The van der Waals surface area contributed by atoms with Crippen LogP contribution in [0.5, 0.6) is 11.5 Å².